The van der Waals surface area contributed by atoms with Crippen molar-refractivity contribution < 1.29 is 13.2 Å². The molecule has 2 aromatic carbocycles. The van der Waals surface area contributed by atoms with Crippen molar-refractivity contribution in [2.75, 3.05) is 20.6 Å². The number of nitrogens with one attached hydrogen (secondary N) is 1. The molecule has 0 aliphatic heterocycles. The molecular formula is C24H30N4O3S. The first-order valence-corrected chi connectivity index (χ1v) is 12.0. The zero-order valence-electron chi connectivity index (χ0n) is 19.2. The van der Waals surface area contributed by atoms with Crippen LogP contribution < -0.4 is 5.32 Å². The van der Waals surface area contributed by atoms with Gasteiger partial charge in [0, 0.05) is 32.4 Å². The Morgan fingerprint density at radius 1 is 1.09 bits per heavy atom. The van der Waals surface area contributed by atoms with Gasteiger partial charge in [-0.05, 0) is 74.6 Å². The number of benzene rings is 2. The van der Waals surface area contributed by atoms with Gasteiger partial charge in [-0.3, -0.25) is 4.79 Å². The van der Waals surface area contributed by atoms with Crippen molar-refractivity contribution in [3.05, 3.63) is 76.6 Å². The van der Waals surface area contributed by atoms with Crippen LogP contribution in [0.15, 0.2) is 53.6 Å². The number of carbonyl (C=O) groups is 1. The lowest BCUT2D eigenvalue weighted by molar-refractivity contribution is 0.0953. The molecule has 3 aromatic rings. The normalized spacial score (nSPS) is 11.7. The van der Waals surface area contributed by atoms with Crippen molar-refractivity contribution in [3.63, 3.8) is 0 Å². The molecule has 7 nitrogen and oxygen atoms in total. The van der Waals surface area contributed by atoms with Gasteiger partial charge in [-0.2, -0.15) is 5.10 Å². The van der Waals surface area contributed by atoms with E-state index in [1.165, 1.54) is 20.2 Å². The summed E-state index contributed by atoms with van der Waals surface area (Å²) in [6, 6.07) is 13.1. The summed E-state index contributed by atoms with van der Waals surface area (Å²) in [4.78, 5) is 12.9. The molecule has 0 spiro atoms. The van der Waals surface area contributed by atoms with Gasteiger partial charge in [-0.1, -0.05) is 18.2 Å². The van der Waals surface area contributed by atoms with Crippen molar-refractivity contribution >= 4 is 15.9 Å². The average Bonchev–Trinajstić information content (AvgIpc) is 3.13. The SMILES string of the molecule is Cc1cc(C(=O)NCCCc2cn(-c3ccccc3)nc2C)cc(S(=O)(=O)N(C)C)c1C. The van der Waals surface area contributed by atoms with E-state index in [0.29, 0.717) is 17.7 Å². The zero-order chi connectivity index (χ0) is 23.5. The van der Waals surface area contributed by atoms with E-state index in [0.717, 1.165) is 39.7 Å². The van der Waals surface area contributed by atoms with Gasteiger partial charge in [-0.15, -0.1) is 0 Å². The molecule has 8 heteroatoms. The standard InChI is InChI=1S/C24H30N4O3S/c1-17-14-21(15-23(18(17)2)32(30,31)27(4)5)24(29)25-13-9-10-20-16-28(26-19(20)3)22-11-7-6-8-12-22/h6-8,11-12,14-16H,9-10,13H2,1-5H3,(H,25,29). The lowest BCUT2D eigenvalue weighted by Gasteiger charge is -2.16. The Hall–Kier alpha value is -2.97. The van der Waals surface area contributed by atoms with Crippen LogP contribution in [0, 0.1) is 20.8 Å². The summed E-state index contributed by atoms with van der Waals surface area (Å²) in [5.74, 6) is -0.278. The maximum Gasteiger partial charge on any atom is 0.251 e. The molecule has 0 saturated carbocycles. The maximum absolute atomic E-state index is 12.7. The first kappa shape index (κ1) is 23.7. The molecule has 0 bridgehead atoms. The summed E-state index contributed by atoms with van der Waals surface area (Å²) in [5.41, 5.74) is 4.87. The van der Waals surface area contributed by atoms with Gasteiger partial charge in [0.05, 0.1) is 16.3 Å². The zero-order valence-corrected chi connectivity index (χ0v) is 20.0. The fraction of sp³-hybridized carbons (Fsp3) is 0.333. The summed E-state index contributed by atoms with van der Waals surface area (Å²) in [6.07, 6.45) is 3.56. The van der Waals surface area contributed by atoms with Crippen LogP contribution in [0.5, 0.6) is 0 Å². The van der Waals surface area contributed by atoms with Crippen LogP contribution in [0.25, 0.3) is 5.69 Å². The second-order valence-corrected chi connectivity index (χ2v) is 10.2. The number of aryl methyl sites for hydroxylation is 3. The predicted molar refractivity (Wildman–Crippen MR) is 126 cm³/mol. The molecule has 0 aliphatic rings. The molecule has 170 valence electrons. The van der Waals surface area contributed by atoms with Gasteiger partial charge in [0.25, 0.3) is 5.91 Å². The van der Waals surface area contributed by atoms with Crippen LogP contribution >= 0.6 is 0 Å². The van der Waals surface area contributed by atoms with E-state index in [4.69, 9.17) is 0 Å². The Bertz CT molecular complexity index is 1220. The van der Waals surface area contributed by atoms with Crippen LogP contribution in [-0.4, -0.2) is 49.1 Å². The third kappa shape index (κ3) is 5.08. The predicted octanol–water partition coefficient (Wildman–Crippen LogP) is 3.41. The Balaban J connectivity index is 1.64. The molecule has 1 heterocycles. The van der Waals surface area contributed by atoms with Gasteiger partial charge in [0.15, 0.2) is 0 Å². The third-order valence-corrected chi connectivity index (χ3v) is 7.51. The van der Waals surface area contributed by atoms with Crippen molar-refractivity contribution in [1.29, 1.82) is 0 Å². The highest BCUT2D eigenvalue weighted by Gasteiger charge is 2.23. The van der Waals surface area contributed by atoms with E-state index in [2.05, 4.69) is 10.4 Å². The van der Waals surface area contributed by atoms with Crippen molar-refractivity contribution in [1.82, 2.24) is 19.4 Å². The van der Waals surface area contributed by atoms with E-state index in [9.17, 15) is 13.2 Å². The molecular weight excluding hydrogens is 424 g/mol. The number of rotatable bonds is 8. The average molecular weight is 455 g/mol. The minimum absolute atomic E-state index is 0.164. The van der Waals surface area contributed by atoms with Crippen LogP contribution in [0.2, 0.25) is 0 Å². The topological polar surface area (TPSA) is 84.3 Å². The van der Waals surface area contributed by atoms with Crippen LogP contribution in [0.1, 0.15) is 39.2 Å². The Labute approximate surface area is 190 Å². The number of amides is 1. The van der Waals surface area contributed by atoms with E-state index >= 15 is 0 Å². The Kier molecular flexibility index (Phi) is 7.16. The molecule has 0 radical (unpaired) electrons. The highest BCUT2D eigenvalue weighted by atomic mass is 32.2. The minimum atomic E-state index is -3.63. The fourth-order valence-corrected chi connectivity index (χ4v) is 4.68. The van der Waals surface area contributed by atoms with Gasteiger partial charge in [0.1, 0.15) is 0 Å². The summed E-state index contributed by atoms with van der Waals surface area (Å²) in [7, 11) is -0.659. The largest absolute Gasteiger partial charge is 0.352 e. The molecule has 0 fully saturated rings. The number of nitrogens with zero attached hydrogens (tertiary/aromatic N) is 3. The van der Waals surface area contributed by atoms with Crippen LogP contribution in [0.3, 0.4) is 0 Å². The number of para-hydroxylation sites is 1. The molecule has 1 aromatic heterocycles. The molecule has 1 amide bonds. The summed E-state index contributed by atoms with van der Waals surface area (Å²) in [5, 5.41) is 7.48. The molecule has 0 aliphatic carbocycles. The van der Waals surface area contributed by atoms with Crippen LogP contribution in [-0.2, 0) is 16.4 Å². The molecule has 3 rings (SSSR count). The number of carbonyl (C=O) groups excluding carboxylic acids is 1. The second-order valence-electron chi connectivity index (χ2n) is 8.08. The van der Waals surface area contributed by atoms with E-state index < -0.39 is 10.0 Å². The summed E-state index contributed by atoms with van der Waals surface area (Å²) >= 11 is 0. The summed E-state index contributed by atoms with van der Waals surface area (Å²) in [6.45, 7) is 6.03. The Morgan fingerprint density at radius 3 is 2.44 bits per heavy atom. The number of sulfonamides is 1. The number of aromatic nitrogens is 2. The van der Waals surface area contributed by atoms with Crippen molar-refractivity contribution in [3.8, 4) is 5.69 Å². The molecule has 32 heavy (non-hydrogen) atoms. The lowest BCUT2D eigenvalue weighted by atomic mass is 10.1. The molecule has 1 N–H and O–H groups in total. The van der Waals surface area contributed by atoms with Gasteiger partial charge in [0.2, 0.25) is 10.0 Å². The molecule has 0 unspecified atom stereocenters. The monoisotopic (exact) mass is 454 g/mol. The summed E-state index contributed by atoms with van der Waals surface area (Å²) < 4.78 is 28.3. The first-order valence-electron chi connectivity index (χ1n) is 10.5. The van der Waals surface area contributed by atoms with Gasteiger partial charge in [-0.25, -0.2) is 17.4 Å². The van der Waals surface area contributed by atoms with E-state index in [1.54, 1.807) is 13.0 Å². The first-order chi connectivity index (χ1) is 15.1. The second kappa shape index (κ2) is 9.67. The lowest BCUT2D eigenvalue weighted by Crippen LogP contribution is -2.27. The quantitative estimate of drug-likeness (QED) is 0.529. The van der Waals surface area contributed by atoms with Crippen molar-refractivity contribution in [2.45, 2.75) is 38.5 Å². The number of hydrogen-bond acceptors (Lipinski definition) is 4. The van der Waals surface area contributed by atoms with Crippen molar-refractivity contribution in [2.24, 2.45) is 0 Å². The van der Waals surface area contributed by atoms with E-state index in [-0.39, 0.29) is 10.8 Å². The fourth-order valence-electron chi connectivity index (χ4n) is 3.46. The highest BCUT2D eigenvalue weighted by Crippen LogP contribution is 2.23. The van der Waals surface area contributed by atoms with E-state index in [1.807, 2.05) is 55.1 Å². The highest BCUT2D eigenvalue weighted by molar-refractivity contribution is 7.89. The van der Waals surface area contributed by atoms with Gasteiger partial charge >= 0.3 is 0 Å². The van der Waals surface area contributed by atoms with Gasteiger partial charge < -0.3 is 5.32 Å². The smallest absolute Gasteiger partial charge is 0.251 e. The molecule has 0 saturated heterocycles. The maximum atomic E-state index is 12.7. The van der Waals surface area contributed by atoms with Crippen LogP contribution in [0.4, 0.5) is 0 Å². The third-order valence-electron chi connectivity index (χ3n) is 5.57. The molecule has 0 atom stereocenters. The minimum Gasteiger partial charge on any atom is -0.352 e. The Morgan fingerprint density at radius 2 is 1.78 bits per heavy atom. The number of hydrogen-bond donors (Lipinski definition) is 1.